The van der Waals surface area contributed by atoms with E-state index in [9.17, 15) is 9.59 Å². The molecule has 0 saturated heterocycles. The lowest BCUT2D eigenvalue weighted by atomic mass is 9.74. The molecule has 3 N–H and O–H groups in total. The SMILES string of the molecule is N#Cc1ccc(NC(=O)NC2(CC(=O)O)CCC2)c(Cl)c1. The van der Waals surface area contributed by atoms with Gasteiger partial charge < -0.3 is 15.7 Å². The molecule has 1 aliphatic carbocycles. The third-order valence-electron chi connectivity index (χ3n) is 3.53. The first-order valence-corrected chi connectivity index (χ1v) is 6.82. The smallest absolute Gasteiger partial charge is 0.319 e. The van der Waals surface area contributed by atoms with Crippen LogP contribution in [0.5, 0.6) is 0 Å². The number of nitrogens with zero attached hydrogens (tertiary/aromatic N) is 1. The number of aliphatic carboxylic acids is 1. The van der Waals surface area contributed by atoms with Crippen molar-refractivity contribution in [2.24, 2.45) is 0 Å². The molecule has 7 heteroatoms. The lowest BCUT2D eigenvalue weighted by Gasteiger charge is -2.41. The molecule has 0 aliphatic heterocycles. The van der Waals surface area contributed by atoms with Crippen LogP contribution >= 0.6 is 11.6 Å². The number of hydrogen-bond donors (Lipinski definition) is 3. The predicted molar refractivity (Wildman–Crippen MR) is 77.2 cm³/mol. The maximum absolute atomic E-state index is 12.0. The number of nitrogens with one attached hydrogen (secondary N) is 2. The first-order valence-electron chi connectivity index (χ1n) is 6.45. The molecule has 0 aromatic heterocycles. The fourth-order valence-corrected chi connectivity index (χ4v) is 2.55. The second-order valence-corrected chi connectivity index (χ2v) is 5.50. The number of rotatable bonds is 4. The summed E-state index contributed by atoms with van der Waals surface area (Å²) in [7, 11) is 0. The molecule has 1 aromatic rings. The summed E-state index contributed by atoms with van der Waals surface area (Å²) in [5.41, 5.74) is 0.0971. The van der Waals surface area contributed by atoms with E-state index in [1.165, 1.54) is 18.2 Å². The minimum Gasteiger partial charge on any atom is -0.481 e. The molecule has 0 heterocycles. The average molecular weight is 308 g/mol. The Labute approximate surface area is 126 Å². The van der Waals surface area contributed by atoms with Gasteiger partial charge in [0.15, 0.2) is 0 Å². The van der Waals surface area contributed by atoms with Gasteiger partial charge in [0, 0.05) is 0 Å². The second kappa shape index (κ2) is 6.02. The summed E-state index contributed by atoms with van der Waals surface area (Å²) in [5.74, 6) is -0.939. The zero-order valence-corrected chi connectivity index (χ0v) is 11.9. The van der Waals surface area contributed by atoms with Crippen molar-refractivity contribution in [3.63, 3.8) is 0 Å². The number of nitriles is 1. The summed E-state index contributed by atoms with van der Waals surface area (Å²) in [6.07, 6.45) is 2.09. The number of carboxylic acid groups (broad SMARTS) is 1. The maximum Gasteiger partial charge on any atom is 0.319 e. The normalized spacial score (nSPS) is 15.4. The molecular formula is C14H14ClN3O3. The number of anilines is 1. The zero-order valence-electron chi connectivity index (χ0n) is 11.1. The molecule has 110 valence electrons. The molecule has 0 unspecified atom stereocenters. The Bertz CT molecular complexity index is 620. The third-order valence-corrected chi connectivity index (χ3v) is 3.84. The fourth-order valence-electron chi connectivity index (χ4n) is 2.32. The number of amides is 2. The Morgan fingerprint density at radius 2 is 2.14 bits per heavy atom. The third kappa shape index (κ3) is 3.64. The lowest BCUT2D eigenvalue weighted by Crippen LogP contribution is -2.55. The largest absolute Gasteiger partial charge is 0.481 e. The molecule has 1 aromatic carbocycles. The van der Waals surface area contributed by atoms with E-state index in [-0.39, 0.29) is 11.4 Å². The zero-order chi connectivity index (χ0) is 15.5. The molecule has 0 bridgehead atoms. The van der Waals surface area contributed by atoms with E-state index in [2.05, 4.69) is 10.6 Å². The number of urea groups is 1. The number of carbonyl (C=O) groups excluding carboxylic acids is 1. The van der Waals surface area contributed by atoms with E-state index < -0.39 is 17.5 Å². The number of halogens is 1. The Hall–Kier alpha value is -2.26. The highest BCUT2D eigenvalue weighted by atomic mass is 35.5. The Balaban J connectivity index is 2.02. The van der Waals surface area contributed by atoms with Gasteiger partial charge in [0.1, 0.15) is 0 Å². The van der Waals surface area contributed by atoms with Crippen LogP contribution in [0.4, 0.5) is 10.5 Å². The summed E-state index contributed by atoms with van der Waals surface area (Å²) in [6.45, 7) is 0. The molecule has 1 fully saturated rings. The van der Waals surface area contributed by atoms with Crippen LogP contribution in [0.25, 0.3) is 0 Å². The molecule has 0 spiro atoms. The van der Waals surface area contributed by atoms with Crippen LogP contribution in [-0.2, 0) is 4.79 Å². The van der Waals surface area contributed by atoms with E-state index >= 15 is 0 Å². The minimum atomic E-state index is -0.939. The summed E-state index contributed by atoms with van der Waals surface area (Å²) in [5, 5.41) is 23.2. The van der Waals surface area contributed by atoms with E-state index in [4.69, 9.17) is 22.0 Å². The van der Waals surface area contributed by atoms with Gasteiger partial charge in [0.2, 0.25) is 0 Å². The van der Waals surface area contributed by atoms with E-state index in [1.807, 2.05) is 6.07 Å². The molecule has 6 nitrogen and oxygen atoms in total. The fraction of sp³-hybridized carbons (Fsp3) is 0.357. The van der Waals surface area contributed by atoms with Crippen LogP contribution in [0.1, 0.15) is 31.2 Å². The summed E-state index contributed by atoms with van der Waals surface area (Å²) < 4.78 is 0. The van der Waals surface area contributed by atoms with Gasteiger partial charge in [-0.1, -0.05) is 11.6 Å². The van der Waals surface area contributed by atoms with Crippen molar-refractivity contribution in [3.8, 4) is 6.07 Å². The van der Waals surface area contributed by atoms with Gasteiger partial charge in [-0.3, -0.25) is 4.79 Å². The molecule has 1 saturated carbocycles. The number of hydrogen-bond acceptors (Lipinski definition) is 3. The average Bonchev–Trinajstić information content (AvgIpc) is 2.38. The highest BCUT2D eigenvalue weighted by Crippen LogP contribution is 2.35. The van der Waals surface area contributed by atoms with Crippen LogP contribution in [0.15, 0.2) is 18.2 Å². The molecule has 0 atom stereocenters. The van der Waals surface area contributed by atoms with Crippen molar-refractivity contribution in [1.82, 2.24) is 5.32 Å². The molecule has 1 aliphatic rings. The monoisotopic (exact) mass is 307 g/mol. The van der Waals surface area contributed by atoms with Crippen LogP contribution in [0.3, 0.4) is 0 Å². The first-order chi connectivity index (χ1) is 9.94. The van der Waals surface area contributed by atoms with Crippen LogP contribution in [-0.4, -0.2) is 22.6 Å². The van der Waals surface area contributed by atoms with Crippen LogP contribution in [0.2, 0.25) is 5.02 Å². The Kier molecular flexibility index (Phi) is 4.34. The summed E-state index contributed by atoms with van der Waals surface area (Å²) in [4.78, 5) is 22.8. The molecule has 2 rings (SSSR count). The Morgan fingerprint density at radius 3 is 2.62 bits per heavy atom. The van der Waals surface area contributed by atoms with Gasteiger partial charge in [-0.15, -0.1) is 0 Å². The van der Waals surface area contributed by atoms with Gasteiger partial charge >= 0.3 is 12.0 Å². The maximum atomic E-state index is 12.0. The van der Waals surface area contributed by atoms with Crippen molar-refractivity contribution in [2.45, 2.75) is 31.2 Å². The number of carboxylic acids is 1. The van der Waals surface area contributed by atoms with Crippen molar-refractivity contribution in [1.29, 1.82) is 5.26 Å². The summed E-state index contributed by atoms with van der Waals surface area (Å²) in [6, 6.07) is 5.98. The van der Waals surface area contributed by atoms with Crippen LogP contribution < -0.4 is 10.6 Å². The minimum absolute atomic E-state index is 0.0957. The quantitative estimate of drug-likeness (QED) is 0.795. The molecule has 0 radical (unpaired) electrons. The van der Waals surface area contributed by atoms with E-state index in [0.717, 1.165) is 6.42 Å². The van der Waals surface area contributed by atoms with E-state index in [0.29, 0.717) is 24.1 Å². The molecular weight excluding hydrogens is 294 g/mol. The Morgan fingerprint density at radius 1 is 1.43 bits per heavy atom. The molecule has 21 heavy (non-hydrogen) atoms. The van der Waals surface area contributed by atoms with Crippen molar-refractivity contribution in [3.05, 3.63) is 28.8 Å². The first kappa shape index (κ1) is 15.1. The topological polar surface area (TPSA) is 102 Å². The van der Waals surface area contributed by atoms with Gasteiger partial charge in [-0.2, -0.15) is 5.26 Å². The van der Waals surface area contributed by atoms with Crippen molar-refractivity contribution < 1.29 is 14.7 Å². The standard InChI is InChI=1S/C14H14ClN3O3/c15-10-6-9(8-16)2-3-11(10)17-13(21)18-14(4-1-5-14)7-12(19)20/h2-3,6H,1,4-5,7H2,(H,19,20)(H2,17,18,21). The number of benzene rings is 1. The van der Waals surface area contributed by atoms with Crippen LogP contribution in [0, 0.1) is 11.3 Å². The predicted octanol–water partition coefficient (Wildman–Crippen LogP) is 2.73. The highest BCUT2D eigenvalue weighted by Gasteiger charge is 2.40. The second-order valence-electron chi connectivity index (χ2n) is 5.09. The van der Waals surface area contributed by atoms with Crippen molar-refractivity contribution >= 4 is 29.3 Å². The van der Waals surface area contributed by atoms with Gasteiger partial charge in [0.05, 0.1) is 34.3 Å². The lowest BCUT2D eigenvalue weighted by molar-refractivity contribution is -0.139. The molecule has 2 amide bonds. The van der Waals surface area contributed by atoms with E-state index in [1.54, 1.807) is 0 Å². The number of carbonyl (C=O) groups is 2. The van der Waals surface area contributed by atoms with Crippen molar-refractivity contribution in [2.75, 3.05) is 5.32 Å². The van der Waals surface area contributed by atoms with Gasteiger partial charge in [0.25, 0.3) is 0 Å². The summed E-state index contributed by atoms with van der Waals surface area (Å²) >= 11 is 5.97. The van der Waals surface area contributed by atoms with Gasteiger partial charge in [-0.05, 0) is 37.5 Å². The highest BCUT2D eigenvalue weighted by molar-refractivity contribution is 6.33. The van der Waals surface area contributed by atoms with Gasteiger partial charge in [-0.25, -0.2) is 4.79 Å².